The van der Waals surface area contributed by atoms with E-state index in [0.29, 0.717) is 9.92 Å². The summed E-state index contributed by atoms with van der Waals surface area (Å²) in [5, 5.41) is 0.599. The van der Waals surface area contributed by atoms with Crippen molar-refractivity contribution in [3.63, 3.8) is 0 Å². The van der Waals surface area contributed by atoms with Gasteiger partial charge in [0.1, 0.15) is 6.11 Å². The Morgan fingerprint density at radius 1 is 1.25 bits per heavy atom. The molecule has 0 spiro atoms. The highest BCUT2D eigenvalue weighted by atomic mass is 35.5. The molecule has 86 valence electrons. The van der Waals surface area contributed by atoms with Crippen molar-refractivity contribution >= 4 is 22.7 Å². The fourth-order valence-corrected chi connectivity index (χ4v) is 1.50. The maximum atomic E-state index is 11.6. The van der Waals surface area contributed by atoms with Crippen LogP contribution in [0.25, 0.3) is 0 Å². The number of rotatable bonds is 2. The smallest absolute Gasteiger partial charge is 0.249 e. The SMILES string of the molecule is CC(C)(C)C#COS(=O)c1ccc(Cl)cc1. The van der Waals surface area contributed by atoms with Crippen LogP contribution in [0.3, 0.4) is 0 Å². The zero-order valence-corrected chi connectivity index (χ0v) is 11.0. The van der Waals surface area contributed by atoms with E-state index in [1.807, 2.05) is 20.8 Å². The largest absolute Gasteiger partial charge is 0.342 e. The van der Waals surface area contributed by atoms with Gasteiger partial charge in [-0.3, -0.25) is 0 Å². The van der Waals surface area contributed by atoms with Crippen LogP contribution in [0.15, 0.2) is 29.2 Å². The maximum absolute atomic E-state index is 11.6. The van der Waals surface area contributed by atoms with Gasteiger partial charge in [-0.15, -0.1) is 0 Å². The molecule has 4 heteroatoms. The molecule has 2 nitrogen and oxygen atoms in total. The Labute approximate surface area is 104 Å². The van der Waals surface area contributed by atoms with Gasteiger partial charge >= 0.3 is 0 Å². The van der Waals surface area contributed by atoms with Crippen molar-refractivity contribution in [3.05, 3.63) is 29.3 Å². The van der Waals surface area contributed by atoms with Crippen molar-refractivity contribution in [3.8, 4) is 12.0 Å². The van der Waals surface area contributed by atoms with Crippen molar-refractivity contribution in [1.29, 1.82) is 0 Å². The third-order valence-electron chi connectivity index (χ3n) is 1.55. The predicted octanol–water partition coefficient (Wildman–Crippen LogP) is 3.39. The Hall–Kier alpha value is -0.980. The molecule has 1 aromatic carbocycles. The van der Waals surface area contributed by atoms with Crippen LogP contribution in [0.1, 0.15) is 20.8 Å². The van der Waals surface area contributed by atoms with E-state index < -0.39 is 11.1 Å². The maximum Gasteiger partial charge on any atom is 0.249 e. The van der Waals surface area contributed by atoms with Gasteiger partial charge in [0.2, 0.25) is 11.1 Å². The second kappa shape index (κ2) is 5.38. The van der Waals surface area contributed by atoms with Gasteiger partial charge in [0.15, 0.2) is 0 Å². The lowest BCUT2D eigenvalue weighted by molar-refractivity contribution is 0.520. The van der Waals surface area contributed by atoms with Crippen molar-refractivity contribution in [2.45, 2.75) is 25.7 Å². The molecular weight excluding hydrogens is 244 g/mol. The van der Waals surface area contributed by atoms with Gasteiger partial charge in [-0.2, -0.15) is 0 Å². The minimum Gasteiger partial charge on any atom is -0.342 e. The van der Waals surface area contributed by atoms with Gasteiger partial charge in [0.25, 0.3) is 0 Å². The molecule has 16 heavy (non-hydrogen) atoms. The van der Waals surface area contributed by atoms with Gasteiger partial charge in [-0.1, -0.05) is 17.5 Å². The Morgan fingerprint density at radius 3 is 2.31 bits per heavy atom. The van der Waals surface area contributed by atoms with E-state index in [4.69, 9.17) is 15.8 Å². The molecule has 0 aliphatic carbocycles. The Bertz CT molecular complexity index is 435. The summed E-state index contributed by atoms with van der Waals surface area (Å²) >= 11 is 4.15. The molecule has 0 radical (unpaired) electrons. The van der Waals surface area contributed by atoms with E-state index in [9.17, 15) is 4.21 Å². The van der Waals surface area contributed by atoms with Crippen molar-refractivity contribution in [2.24, 2.45) is 5.41 Å². The second-order valence-corrected chi connectivity index (χ2v) is 5.79. The van der Waals surface area contributed by atoms with E-state index in [-0.39, 0.29) is 5.41 Å². The molecule has 0 saturated carbocycles. The number of hydrogen-bond acceptors (Lipinski definition) is 2. The molecule has 0 aromatic heterocycles. The predicted molar refractivity (Wildman–Crippen MR) is 66.2 cm³/mol. The summed E-state index contributed by atoms with van der Waals surface area (Å²) in [6.45, 7) is 5.86. The van der Waals surface area contributed by atoms with Gasteiger partial charge in [-0.25, -0.2) is 4.21 Å². The molecule has 0 saturated heterocycles. The summed E-state index contributed by atoms with van der Waals surface area (Å²) in [5.74, 6) is 2.84. The third-order valence-corrected chi connectivity index (χ3v) is 2.69. The summed E-state index contributed by atoms with van der Waals surface area (Å²) in [6, 6.07) is 6.62. The lowest BCUT2D eigenvalue weighted by Gasteiger charge is -2.06. The van der Waals surface area contributed by atoms with Crippen molar-refractivity contribution < 1.29 is 8.39 Å². The molecule has 0 aliphatic rings. The molecule has 1 rings (SSSR count). The normalized spacial score (nSPS) is 12.5. The molecule has 0 fully saturated rings. The fourth-order valence-electron chi connectivity index (χ4n) is 0.806. The Morgan fingerprint density at radius 2 is 1.81 bits per heavy atom. The van der Waals surface area contributed by atoms with Gasteiger partial charge in [0, 0.05) is 10.4 Å². The minimum atomic E-state index is -1.56. The van der Waals surface area contributed by atoms with Crippen LogP contribution in [0.5, 0.6) is 0 Å². The van der Waals surface area contributed by atoms with E-state index in [0.717, 1.165) is 0 Å². The molecule has 0 bridgehead atoms. The first kappa shape index (κ1) is 13.1. The molecular formula is C12H13ClO2S. The second-order valence-electron chi connectivity index (χ2n) is 4.25. The standard InChI is InChI=1S/C12H13ClO2S/c1-12(2,3)8-9-15-16(14)11-6-4-10(13)5-7-11/h4-7H,1-3H3. The monoisotopic (exact) mass is 256 g/mol. The highest BCUT2D eigenvalue weighted by Crippen LogP contribution is 2.14. The number of hydrogen-bond donors (Lipinski definition) is 0. The zero-order chi connectivity index (χ0) is 12.2. The van der Waals surface area contributed by atoms with Crippen LogP contribution in [0.4, 0.5) is 0 Å². The first-order chi connectivity index (χ1) is 7.38. The lowest BCUT2D eigenvalue weighted by atomic mass is 9.99. The summed E-state index contributed by atoms with van der Waals surface area (Å²) in [4.78, 5) is 0.549. The molecule has 0 amide bonds. The highest BCUT2D eigenvalue weighted by Gasteiger charge is 2.06. The topological polar surface area (TPSA) is 26.3 Å². The lowest BCUT2D eigenvalue weighted by Crippen LogP contribution is -2.00. The highest BCUT2D eigenvalue weighted by molar-refractivity contribution is 7.80. The summed E-state index contributed by atoms with van der Waals surface area (Å²) in [6.07, 6.45) is 2.46. The first-order valence-corrected chi connectivity index (χ1v) is 6.20. The van der Waals surface area contributed by atoms with E-state index in [2.05, 4.69) is 12.0 Å². The summed E-state index contributed by atoms with van der Waals surface area (Å²) in [7, 11) is 0. The first-order valence-electron chi connectivity index (χ1n) is 4.75. The average Bonchev–Trinajstić information content (AvgIpc) is 2.16. The molecule has 0 heterocycles. The van der Waals surface area contributed by atoms with Crippen LogP contribution in [0, 0.1) is 17.4 Å². The van der Waals surface area contributed by atoms with Crippen molar-refractivity contribution in [2.75, 3.05) is 0 Å². The molecule has 1 atom stereocenters. The molecule has 0 aliphatic heterocycles. The molecule has 1 aromatic rings. The zero-order valence-electron chi connectivity index (χ0n) is 9.41. The van der Waals surface area contributed by atoms with Crippen molar-refractivity contribution in [1.82, 2.24) is 0 Å². The van der Waals surface area contributed by atoms with Crippen LogP contribution in [-0.4, -0.2) is 4.21 Å². The van der Waals surface area contributed by atoms with Crippen LogP contribution >= 0.6 is 11.6 Å². The van der Waals surface area contributed by atoms with E-state index >= 15 is 0 Å². The Kier molecular flexibility index (Phi) is 4.40. The van der Waals surface area contributed by atoms with Crippen LogP contribution < -0.4 is 0 Å². The van der Waals surface area contributed by atoms with Crippen LogP contribution in [-0.2, 0) is 15.3 Å². The number of benzene rings is 1. The van der Waals surface area contributed by atoms with E-state index in [1.165, 1.54) is 0 Å². The molecule has 1 unspecified atom stereocenters. The van der Waals surface area contributed by atoms with Gasteiger partial charge in [-0.05, 0) is 45.0 Å². The number of halogens is 1. The average molecular weight is 257 g/mol. The minimum absolute atomic E-state index is 0.163. The fraction of sp³-hybridized carbons (Fsp3) is 0.333. The van der Waals surface area contributed by atoms with Gasteiger partial charge in [0.05, 0.1) is 4.90 Å². The third kappa shape index (κ3) is 4.69. The summed E-state index contributed by atoms with van der Waals surface area (Å²) in [5.41, 5.74) is -0.163. The van der Waals surface area contributed by atoms with Crippen LogP contribution in [0.2, 0.25) is 5.02 Å². The van der Waals surface area contributed by atoms with E-state index in [1.54, 1.807) is 24.3 Å². The Balaban J connectivity index is 2.66. The summed E-state index contributed by atoms with van der Waals surface area (Å²) < 4.78 is 16.5. The quantitative estimate of drug-likeness (QED) is 0.759. The van der Waals surface area contributed by atoms with Gasteiger partial charge < -0.3 is 4.18 Å². The molecule has 0 N–H and O–H groups in total.